The molecule has 1 amide bonds. The molecule has 0 bridgehead atoms. The first kappa shape index (κ1) is 16.0. The number of pyridine rings is 1. The number of carbonyl (C=O) groups is 1. The zero-order valence-electron chi connectivity index (χ0n) is 12.1. The number of carbonyl (C=O) groups excluding carboxylic acids is 1. The highest BCUT2D eigenvalue weighted by Crippen LogP contribution is 2.24. The van der Waals surface area contributed by atoms with Crippen molar-refractivity contribution in [3.63, 3.8) is 0 Å². The summed E-state index contributed by atoms with van der Waals surface area (Å²) < 4.78 is 1.38. The maximum atomic E-state index is 12.5. The number of benzene rings is 1. The van der Waals surface area contributed by atoms with E-state index in [9.17, 15) is 10.1 Å². The van der Waals surface area contributed by atoms with Gasteiger partial charge in [0.15, 0.2) is 11.6 Å². The zero-order valence-corrected chi connectivity index (χ0v) is 13.6. The van der Waals surface area contributed by atoms with Crippen LogP contribution in [0.2, 0.25) is 10.0 Å². The molecule has 0 fully saturated rings. The van der Waals surface area contributed by atoms with Crippen molar-refractivity contribution in [3.8, 4) is 11.9 Å². The summed E-state index contributed by atoms with van der Waals surface area (Å²) in [6.07, 6.45) is 2.94. The predicted molar refractivity (Wildman–Crippen MR) is 90.5 cm³/mol. The normalized spacial score (nSPS) is 10.2. The molecule has 0 radical (unpaired) electrons. The summed E-state index contributed by atoms with van der Waals surface area (Å²) in [6.45, 7) is 0. The van der Waals surface area contributed by atoms with Gasteiger partial charge in [0, 0.05) is 11.2 Å². The van der Waals surface area contributed by atoms with Gasteiger partial charge in [0.1, 0.15) is 11.6 Å². The Morgan fingerprint density at radius 3 is 2.75 bits per heavy atom. The Morgan fingerprint density at radius 1 is 1.25 bits per heavy atom. The molecule has 2 aromatic heterocycles. The van der Waals surface area contributed by atoms with Crippen molar-refractivity contribution in [2.24, 2.45) is 0 Å². The SMILES string of the molecule is N#Cc1cnn(-c2ccccn2)c1NC(=O)c1ccc(Cl)cc1Cl. The van der Waals surface area contributed by atoms with E-state index < -0.39 is 5.91 Å². The molecule has 0 unspecified atom stereocenters. The average Bonchev–Trinajstić information content (AvgIpc) is 2.98. The van der Waals surface area contributed by atoms with E-state index in [0.717, 1.165) is 0 Å². The van der Waals surface area contributed by atoms with Gasteiger partial charge in [0.05, 0.1) is 16.8 Å². The van der Waals surface area contributed by atoms with Crippen LogP contribution in [0.5, 0.6) is 0 Å². The van der Waals surface area contributed by atoms with Gasteiger partial charge in [-0.2, -0.15) is 15.0 Å². The van der Waals surface area contributed by atoms with Crippen LogP contribution in [0.1, 0.15) is 15.9 Å². The standard InChI is InChI=1S/C16H9Cl2N5O/c17-11-4-5-12(13(18)7-11)16(24)22-15-10(8-19)9-21-23(15)14-3-1-2-6-20-14/h1-7,9H,(H,22,24). The number of halogens is 2. The van der Waals surface area contributed by atoms with Crippen molar-refractivity contribution in [2.75, 3.05) is 5.32 Å². The number of aromatic nitrogens is 3. The monoisotopic (exact) mass is 357 g/mol. The van der Waals surface area contributed by atoms with Crippen molar-refractivity contribution >= 4 is 34.9 Å². The van der Waals surface area contributed by atoms with Crippen LogP contribution < -0.4 is 5.32 Å². The number of amides is 1. The van der Waals surface area contributed by atoms with Crippen molar-refractivity contribution in [1.29, 1.82) is 5.26 Å². The maximum absolute atomic E-state index is 12.5. The van der Waals surface area contributed by atoms with E-state index in [1.165, 1.54) is 23.0 Å². The molecule has 3 rings (SSSR count). The van der Waals surface area contributed by atoms with E-state index in [1.54, 1.807) is 30.5 Å². The largest absolute Gasteiger partial charge is 0.305 e. The fourth-order valence-corrected chi connectivity index (χ4v) is 2.55. The lowest BCUT2D eigenvalue weighted by molar-refractivity contribution is 0.102. The molecule has 24 heavy (non-hydrogen) atoms. The van der Waals surface area contributed by atoms with Crippen molar-refractivity contribution in [2.45, 2.75) is 0 Å². The molecule has 118 valence electrons. The van der Waals surface area contributed by atoms with Gasteiger partial charge in [-0.25, -0.2) is 4.98 Å². The van der Waals surface area contributed by atoms with Gasteiger partial charge in [-0.05, 0) is 30.3 Å². The third-order valence-electron chi connectivity index (χ3n) is 3.16. The van der Waals surface area contributed by atoms with E-state index in [1.807, 2.05) is 6.07 Å². The second-order valence-electron chi connectivity index (χ2n) is 4.70. The summed E-state index contributed by atoms with van der Waals surface area (Å²) in [5.74, 6) is 0.203. The highest BCUT2D eigenvalue weighted by Gasteiger charge is 2.18. The second kappa shape index (κ2) is 6.71. The van der Waals surface area contributed by atoms with E-state index in [2.05, 4.69) is 15.4 Å². The van der Waals surface area contributed by atoms with E-state index in [0.29, 0.717) is 10.8 Å². The molecule has 0 aliphatic carbocycles. The topological polar surface area (TPSA) is 83.6 Å². The van der Waals surface area contributed by atoms with Crippen molar-refractivity contribution < 1.29 is 4.79 Å². The number of rotatable bonds is 3. The minimum absolute atomic E-state index is 0.207. The molecule has 0 saturated heterocycles. The van der Waals surface area contributed by atoms with Crippen LogP contribution in [0.25, 0.3) is 5.82 Å². The van der Waals surface area contributed by atoms with Crippen molar-refractivity contribution in [1.82, 2.24) is 14.8 Å². The Labute approximate surface area is 147 Å². The molecule has 0 aliphatic heterocycles. The van der Waals surface area contributed by atoms with Gasteiger partial charge < -0.3 is 5.32 Å². The first-order valence-electron chi connectivity index (χ1n) is 6.76. The molecule has 1 N–H and O–H groups in total. The fourth-order valence-electron chi connectivity index (χ4n) is 2.05. The minimum Gasteiger partial charge on any atom is -0.305 e. The van der Waals surface area contributed by atoms with E-state index in [4.69, 9.17) is 23.2 Å². The Morgan fingerprint density at radius 2 is 2.08 bits per heavy atom. The lowest BCUT2D eigenvalue weighted by Crippen LogP contribution is -2.16. The number of nitrogens with zero attached hydrogens (tertiary/aromatic N) is 4. The third kappa shape index (κ3) is 3.08. The predicted octanol–water partition coefficient (Wildman–Crippen LogP) is 3.70. The number of anilines is 1. The minimum atomic E-state index is -0.481. The summed E-state index contributed by atoms with van der Waals surface area (Å²) >= 11 is 11.9. The quantitative estimate of drug-likeness (QED) is 0.774. The number of nitriles is 1. The Bertz CT molecular complexity index is 947. The van der Waals surface area contributed by atoms with Gasteiger partial charge in [-0.1, -0.05) is 29.3 Å². The van der Waals surface area contributed by atoms with E-state index >= 15 is 0 Å². The Hall–Kier alpha value is -2.88. The third-order valence-corrected chi connectivity index (χ3v) is 3.71. The molecule has 0 atom stereocenters. The molecular formula is C16H9Cl2N5O. The summed E-state index contributed by atoms with van der Waals surface area (Å²) in [7, 11) is 0. The van der Waals surface area contributed by atoms with Crippen LogP contribution in [0.15, 0.2) is 48.8 Å². The second-order valence-corrected chi connectivity index (χ2v) is 5.54. The number of hydrogen-bond donors (Lipinski definition) is 1. The summed E-state index contributed by atoms with van der Waals surface area (Å²) in [6, 6.07) is 11.8. The van der Waals surface area contributed by atoms with Gasteiger partial charge in [-0.15, -0.1) is 0 Å². The smallest absolute Gasteiger partial charge is 0.258 e. The van der Waals surface area contributed by atoms with Gasteiger partial charge in [0.2, 0.25) is 0 Å². The van der Waals surface area contributed by atoms with Crippen LogP contribution >= 0.6 is 23.2 Å². The Kier molecular flexibility index (Phi) is 4.47. The van der Waals surface area contributed by atoms with Crippen LogP contribution in [0.3, 0.4) is 0 Å². The fraction of sp³-hybridized carbons (Fsp3) is 0. The lowest BCUT2D eigenvalue weighted by Gasteiger charge is -2.10. The molecule has 0 saturated carbocycles. The highest BCUT2D eigenvalue weighted by molar-refractivity contribution is 6.37. The number of nitrogens with one attached hydrogen (secondary N) is 1. The van der Waals surface area contributed by atoms with Crippen LogP contribution in [-0.2, 0) is 0 Å². The van der Waals surface area contributed by atoms with Gasteiger partial charge in [0.25, 0.3) is 5.91 Å². The molecule has 6 nitrogen and oxygen atoms in total. The summed E-state index contributed by atoms with van der Waals surface area (Å²) in [5, 5.41) is 16.6. The molecule has 1 aromatic carbocycles. The zero-order chi connectivity index (χ0) is 17.1. The van der Waals surface area contributed by atoms with Crippen molar-refractivity contribution in [3.05, 3.63) is 70.0 Å². The number of hydrogen-bond acceptors (Lipinski definition) is 4. The lowest BCUT2D eigenvalue weighted by atomic mass is 10.2. The molecule has 0 spiro atoms. The van der Waals surface area contributed by atoms with Crippen LogP contribution in [-0.4, -0.2) is 20.7 Å². The maximum Gasteiger partial charge on any atom is 0.258 e. The molecule has 8 heteroatoms. The van der Waals surface area contributed by atoms with Crippen LogP contribution in [0.4, 0.5) is 5.82 Å². The summed E-state index contributed by atoms with van der Waals surface area (Å²) in [4.78, 5) is 16.6. The first-order valence-corrected chi connectivity index (χ1v) is 7.51. The van der Waals surface area contributed by atoms with Gasteiger partial charge in [-0.3, -0.25) is 4.79 Å². The van der Waals surface area contributed by atoms with Crippen LogP contribution in [0, 0.1) is 11.3 Å². The average molecular weight is 358 g/mol. The summed E-state index contributed by atoms with van der Waals surface area (Å²) in [5.41, 5.74) is 0.442. The molecular weight excluding hydrogens is 349 g/mol. The molecule has 2 heterocycles. The first-order chi connectivity index (χ1) is 11.6. The highest BCUT2D eigenvalue weighted by atomic mass is 35.5. The Balaban J connectivity index is 1.99. The molecule has 3 aromatic rings. The molecule has 0 aliphatic rings. The van der Waals surface area contributed by atoms with Gasteiger partial charge >= 0.3 is 0 Å². The van der Waals surface area contributed by atoms with E-state index in [-0.39, 0.29) is 22.0 Å².